The number of hydrogen-bond acceptors (Lipinski definition) is 2. The Bertz CT molecular complexity index is 642. The largest absolute Gasteiger partial charge is 0.496 e. The highest BCUT2D eigenvalue weighted by Gasteiger charge is 2.15. The Morgan fingerprint density at radius 1 is 1.21 bits per heavy atom. The summed E-state index contributed by atoms with van der Waals surface area (Å²) in [5, 5.41) is 11.0. The molecule has 3 heteroatoms. The third kappa shape index (κ3) is 2.28. The van der Waals surface area contributed by atoms with Crippen LogP contribution in [0.15, 0.2) is 24.3 Å². The van der Waals surface area contributed by atoms with E-state index in [9.17, 15) is 9.90 Å². The second-order valence-corrected chi connectivity index (χ2v) is 5.03. The van der Waals surface area contributed by atoms with Crippen LogP contribution in [0.2, 0.25) is 0 Å². The molecule has 0 unspecified atom stereocenters. The minimum Gasteiger partial charge on any atom is -0.496 e. The van der Waals surface area contributed by atoms with Crippen LogP contribution in [0, 0.1) is 6.92 Å². The molecule has 0 saturated carbocycles. The molecule has 0 aromatic heterocycles. The number of aromatic carboxylic acids is 1. The standard InChI is InChI=1S/C16H18O3/c1-9(2)11-5-6-12(16(17)18)14-8-15(19-4)10(3)7-13(11)14/h5-9H,1-4H3,(H,17,18). The molecule has 0 aliphatic rings. The van der Waals surface area contributed by atoms with Crippen LogP contribution in [0.5, 0.6) is 5.75 Å². The number of ether oxygens (including phenoxy) is 1. The van der Waals surface area contributed by atoms with Crippen LogP contribution in [-0.4, -0.2) is 18.2 Å². The molecule has 0 aliphatic heterocycles. The monoisotopic (exact) mass is 258 g/mol. The fourth-order valence-electron chi connectivity index (χ4n) is 2.41. The summed E-state index contributed by atoms with van der Waals surface area (Å²) in [6, 6.07) is 7.41. The van der Waals surface area contributed by atoms with Gasteiger partial charge >= 0.3 is 5.97 Å². The minimum atomic E-state index is -0.911. The van der Waals surface area contributed by atoms with Gasteiger partial charge in [0, 0.05) is 5.39 Å². The topological polar surface area (TPSA) is 46.5 Å². The van der Waals surface area contributed by atoms with Crippen molar-refractivity contribution in [2.75, 3.05) is 7.11 Å². The molecule has 0 saturated heterocycles. The fraction of sp³-hybridized carbons (Fsp3) is 0.312. The quantitative estimate of drug-likeness (QED) is 0.905. The van der Waals surface area contributed by atoms with Gasteiger partial charge < -0.3 is 9.84 Å². The molecule has 1 N–H and O–H groups in total. The Labute approximate surface area is 112 Å². The predicted molar refractivity (Wildman–Crippen MR) is 76.3 cm³/mol. The van der Waals surface area contributed by atoms with Gasteiger partial charge in [-0.1, -0.05) is 19.9 Å². The summed E-state index contributed by atoms with van der Waals surface area (Å²) in [6.07, 6.45) is 0. The third-order valence-corrected chi connectivity index (χ3v) is 3.42. The van der Waals surface area contributed by atoms with Crippen molar-refractivity contribution < 1.29 is 14.6 Å². The molecule has 2 rings (SSSR count). The van der Waals surface area contributed by atoms with E-state index in [0.717, 1.165) is 27.6 Å². The lowest BCUT2D eigenvalue weighted by Gasteiger charge is -2.14. The van der Waals surface area contributed by atoms with Gasteiger partial charge in [0.25, 0.3) is 0 Å². The van der Waals surface area contributed by atoms with Gasteiger partial charge in [0.15, 0.2) is 0 Å². The summed E-state index contributed by atoms with van der Waals surface area (Å²) in [5.74, 6) is 0.153. The van der Waals surface area contributed by atoms with Crippen LogP contribution in [0.25, 0.3) is 10.8 Å². The van der Waals surface area contributed by atoms with E-state index in [4.69, 9.17) is 4.74 Å². The maximum absolute atomic E-state index is 11.3. The Morgan fingerprint density at radius 3 is 2.42 bits per heavy atom. The van der Waals surface area contributed by atoms with Gasteiger partial charge in [-0.25, -0.2) is 4.79 Å². The Kier molecular flexibility index (Phi) is 3.47. The molecular formula is C16H18O3. The summed E-state index contributed by atoms with van der Waals surface area (Å²) in [4.78, 5) is 11.3. The van der Waals surface area contributed by atoms with Gasteiger partial charge in [-0.2, -0.15) is 0 Å². The molecule has 0 aliphatic carbocycles. The van der Waals surface area contributed by atoms with Crippen LogP contribution in [0.3, 0.4) is 0 Å². The van der Waals surface area contributed by atoms with E-state index in [2.05, 4.69) is 13.8 Å². The van der Waals surface area contributed by atoms with Gasteiger partial charge in [-0.3, -0.25) is 0 Å². The average Bonchev–Trinajstić information content (AvgIpc) is 2.35. The van der Waals surface area contributed by atoms with E-state index in [1.807, 2.05) is 25.1 Å². The van der Waals surface area contributed by atoms with Crippen molar-refractivity contribution in [3.05, 3.63) is 41.0 Å². The maximum Gasteiger partial charge on any atom is 0.336 e. The predicted octanol–water partition coefficient (Wildman–Crippen LogP) is 3.98. The summed E-state index contributed by atoms with van der Waals surface area (Å²) in [5.41, 5.74) is 2.49. The van der Waals surface area contributed by atoms with Crippen molar-refractivity contribution in [2.24, 2.45) is 0 Å². The SMILES string of the molecule is COc1cc2c(C(=O)O)ccc(C(C)C)c2cc1C. The van der Waals surface area contributed by atoms with Gasteiger partial charge in [-0.05, 0) is 47.6 Å². The van der Waals surface area contributed by atoms with Crippen LogP contribution in [0.4, 0.5) is 0 Å². The second-order valence-electron chi connectivity index (χ2n) is 5.03. The molecule has 19 heavy (non-hydrogen) atoms. The Hall–Kier alpha value is -2.03. The molecule has 0 heterocycles. The molecule has 3 nitrogen and oxygen atoms in total. The summed E-state index contributed by atoms with van der Waals surface area (Å²) in [6.45, 7) is 6.18. The lowest BCUT2D eigenvalue weighted by Crippen LogP contribution is -2.01. The lowest BCUT2D eigenvalue weighted by molar-refractivity contribution is 0.0699. The smallest absolute Gasteiger partial charge is 0.336 e. The number of fused-ring (bicyclic) bond motifs is 1. The van der Waals surface area contributed by atoms with E-state index >= 15 is 0 Å². The second kappa shape index (κ2) is 4.92. The molecule has 2 aromatic carbocycles. The average molecular weight is 258 g/mol. The number of methoxy groups -OCH3 is 1. The Balaban J connectivity index is 2.88. The molecule has 0 amide bonds. The summed E-state index contributed by atoms with van der Waals surface area (Å²) >= 11 is 0. The highest BCUT2D eigenvalue weighted by molar-refractivity contribution is 6.05. The van der Waals surface area contributed by atoms with Crippen LogP contribution in [-0.2, 0) is 0 Å². The highest BCUT2D eigenvalue weighted by Crippen LogP contribution is 2.33. The van der Waals surface area contributed by atoms with E-state index in [1.165, 1.54) is 0 Å². The van der Waals surface area contributed by atoms with E-state index in [1.54, 1.807) is 13.2 Å². The van der Waals surface area contributed by atoms with Gasteiger partial charge in [0.1, 0.15) is 5.75 Å². The molecule has 0 atom stereocenters. The van der Waals surface area contributed by atoms with Gasteiger partial charge in [0.05, 0.1) is 12.7 Å². The Morgan fingerprint density at radius 2 is 1.89 bits per heavy atom. The third-order valence-electron chi connectivity index (χ3n) is 3.42. The first-order chi connectivity index (χ1) is 8.95. The first kappa shape index (κ1) is 13.4. The molecule has 0 fully saturated rings. The van der Waals surface area contributed by atoms with Gasteiger partial charge in [0.2, 0.25) is 0 Å². The molecule has 2 aromatic rings. The summed E-state index contributed by atoms with van der Waals surface area (Å²) in [7, 11) is 1.60. The number of carboxylic acids is 1. The van der Waals surface area contributed by atoms with Crippen LogP contribution >= 0.6 is 0 Å². The normalized spacial score (nSPS) is 11.0. The zero-order valence-corrected chi connectivity index (χ0v) is 11.7. The van der Waals surface area contributed by atoms with Crippen molar-refractivity contribution in [2.45, 2.75) is 26.7 Å². The molecule has 100 valence electrons. The fourth-order valence-corrected chi connectivity index (χ4v) is 2.41. The molecule has 0 bridgehead atoms. The van der Waals surface area contributed by atoms with Gasteiger partial charge in [-0.15, -0.1) is 0 Å². The molecule has 0 radical (unpaired) electrons. The minimum absolute atomic E-state index is 0.317. The zero-order chi connectivity index (χ0) is 14.2. The maximum atomic E-state index is 11.3. The first-order valence-corrected chi connectivity index (χ1v) is 6.30. The number of carbonyl (C=O) groups is 1. The number of carboxylic acid groups (broad SMARTS) is 1. The van der Waals surface area contributed by atoms with E-state index in [0.29, 0.717) is 11.5 Å². The van der Waals surface area contributed by atoms with Crippen LogP contribution in [0.1, 0.15) is 41.3 Å². The van der Waals surface area contributed by atoms with Crippen molar-refractivity contribution in [1.82, 2.24) is 0 Å². The van der Waals surface area contributed by atoms with Crippen molar-refractivity contribution >= 4 is 16.7 Å². The first-order valence-electron chi connectivity index (χ1n) is 6.30. The van der Waals surface area contributed by atoms with Crippen molar-refractivity contribution in [1.29, 1.82) is 0 Å². The van der Waals surface area contributed by atoms with E-state index in [-0.39, 0.29) is 0 Å². The van der Waals surface area contributed by atoms with Crippen molar-refractivity contribution in [3.63, 3.8) is 0 Å². The number of aryl methyl sites for hydroxylation is 1. The zero-order valence-electron chi connectivity index (χ0n) is 11.7. The van der Waals surface area contributed by atoms with Crippen LogP contribution < -0.4 is 4.74 Å². The van der Waals surface area contributed by atoms with Crippen molar-refractivity contribution in [3.8, 4) is 5.75 Å². The molecular weight excluding hydrogens is 240 g/mol. The molecule has 0 spiro atoms. The number of benzene rings is 2. The number of hydrogen-bond donors (Lipinski definition) is 1. The summed E-state index contributed by atoms with van der Waals surface area (Å²) < 4.78 is 5.30. The number of rotatable bonds is 3. The lowest BCUT2D eigenvalue weighted by atomic mass is 9.92. The van der Waals surface area contributed by atoms with E-state index < -0.39 is 5.97 Å². The highest BCUT2D eigenvalue weighted by atomic mass is 16.5.